The second-order valence-electron chi connectivity index (χ2n) is 4.39. The average Bonchev–Trinajstić information content (AvgIpc) is 2.67. The Bertz CT molecular complexity index is 810. The van der Waals surface area contributed by atoms with E-state index in [1.54, 1.807) is 6.07 Å². The third-order valence-corrected chi connectivity index (χ3v) is 3.59. The first-order chi connectivity index (χ1) is 9.90. The van der Waals surface area contributed by atoms with Crippen LogP contribution in [0.25, 0.3) is 0 Å². The fourth-order valence-corrected chi connectivity index (χ4v) is 2.49. The van der Waals surface area contributed by atoms with E-state index in [0.29, 0.717) is 16.6 Å². The number of benzene rings is 2. The minimum atomic E-state index is -1.65. The molecule has 0 spiro atoms. The topological polar surface area (TPSA) is 43.1 Å². The SMILES string of the molecule is O=C1C(c2cc(F)c(F)c(F)c2)=[N+]([O-])c2cc(Br)ccc21. The van der Waals surface area contributed by atoms with Gasteiger partial charge in [0, 0.05) is 10.5 Å². The van der Waals surface area contributed by atoms with E-state index in [2.05, 4.69) is 15.9 Å². The average molecular weight is 356 g/mol. The molecule has 2 aromatic rings. The maximum Gasteiger partial charge on any atom is 0.273 e. The van der Waals surface area contributed by atoms with Gasteiger partial charge in [-0.15, -0.1) is 0 Å². The Balaban J connectivity index is 2.23. The molecule has 21 heavy (non-hydrogen) atoms. The third-order valence-electron chi connectivity index (χ3n) is 3.10. The van der Waals surface area contributed by atoms with Crippen LogP contribution in [0.5, 0.6) is 0 Å². The molecule has 3 rings (SSSR count). The zero-order valence-corrected chi connectivity index (χ0v) is 11.7. The number of rotatable bonds is 1. The van der Waals surface area contributed by atoms with Gasteiger partial charge in [-0.05, 0) is 24.3 Å². The number of nitrogens with zero attached hydrogens (tertiary/aromatic N) is 1. The van der Waals surface area contributed by atoms with Crippen LogP contribution >= 0.6 is 15.9 Å². The van der Waals surface area contributed by atoms with Crippen molar-refractivity contribution in [1.82, 2.24) is 0 Å². The lowest BCUT2D eigenvalue weighted by molar-refractivity contribution is -0.355. The minimum absolute atomic E-state index is 0.0644. The van der Waals surface area contributed by atoms with Gasteiger partial charge in [0.05, 0.1) is 5.56 Å². The first-order valence-electron chi connectivity index (χ1n) is 5.73. The summed E-state index contributed by atoms with van der Waals surface area (Å²) in [5, 5.41) is 12.2. The molecule has 7 heteroatoms. The van der Waals surface area contributed by atoms with E-state index >= 15 is 0 Å². The van der Waals surface area contributed by atoms with Crippen LogP contribution < -0.4 is 0 Å². The van der Waals surface area contributed by atoms with Gasteiger partial charge >= 0.3 is 0 Å². The van der Waals surface area contributed by atoms with E-state index in [9.17, 15) is 23.2 Å². The van der Waals surface area contributed by atoms with E-state index in [0.717, 1.165) is 0 Å². The molecule has 0 bridgehead atoms. The Morgan fingerprint density at radius 2 is 1.67 bits per heavy atom. The number of carbonyl (C=O) groups is 1. The lowest BCUT2D eigenvalue weighted by atomic mass is 10.0. The zero-order chi connectivity index (χ0) is 15.3. The Morgan fingerprint density at radius 3 is 2.29 bits per heavy atom. The molecule has 0 unspecified atom stereocenters. The number of hydrogen-bond donors (Lipinski definition) is 0. The molecular formula is C14H5BrF3NO2. The van der Waals surface area contributed by atoms with Crippen molar-refractivity contribution in [3.63, 3.8) is 0 Å². The number of ketones is 1. The summed E-state index contributed by atoms with van der Waals surface area (Å²) in [6, 6.07) is 5.66. The summed E-state index contributed by atoms with van der Waals surface area (Å²) in [6.07, 6.45) is 0. The lowest BCUT2D eigenvalue weighted by Gasteiger charge is -2.03. The van der Waals surface area contributed by atoms with Crippen LogP contribution in [0.1, 0.15) is 15.9 Å². The predicted molar refractivity (Wildman–Crippen MR) is 72.2 cm³/mol. The Kier molecular flexibility index (Phi) is 3.09. The van der Waals surface area contributed by atoms with Gasteiger partial charge in [0.25, 0.3) is 11.5 Å². The highest BCUT2D eigenvalue weighted by Gasteiger charge is 2.37. The zero-order valence-electron chi connectivity index (χ0n) is 10.2. The largest absolute Gasteiger partial charge is 0.618 e. The monoisotopic (exact) mass is 355 g/mol. The Hall–Kier alpha value is -2.15. The van der Waals surface area contributed by atoms with E-state index in [-0.39, 0.29) is 21.6 Å². The predicted octanol–water partition coefficient (Wildman–Crippen LogP) is 3.69. The van der Waals surface area contributed by atoms with Gasteiger partial charge in [-0.2, -0.15) is 4.74 Å². The van der Waals surface area contributed by atoms with Crippen molar-refractivity contribution in [3.05, 3.63) is 68.6 Å². The molecule has 0 N–H and O–H groups in total. The number of carbonyl (C=O) groups excluding carboxylic acids is 1. The fourth-order valence-electron chi connectivity index (χ4n) is 2.15. The fraction of sp³-hybridized carbons (Fsp3) is 0. The van der Waals surface area contributed by atoms with E-state index in [1.807, 2.05) is 0 Å². The Morgan fingerprint density at radius 1 is 1.05 bits per heavy atom. The molecule has 0 saturated carbocycles. The quantitative estimate of drug-likeness (QED) is 0.444. The number of halogens is 4. The molecule has 1 aliphatic rings. The molecule has 3 nitrogen and oxygen atoms in total. The molecule has 0 fully saturated rings. The summed E-state index contributed by atoms with van der Waals surface area (Å²) >= 11 is 3.17. The number of fused-ring (bicyclic) bond motifs is 1. The van der Waals surface area contributed by atoms with Crippen molar-refractivity contribution in [2.45, 2.75) is 0 Å². The van der Waals surface area contributed by atoms with Gasteiger partial charge in [-0.3, -0.25) is 4.79 Å². The molecule has 0 aromatic heterocycles. The van der Waals surface area contributed by atoms with Gasteiger partial charge in [0.1, 0.15) is 5.56 Å². The summed E-state index contributed by atoms with van der Waals surface area (Å²) in [5.41, 5.74) is -0.567. The molecule has 106 valence electrons. The highest BCUT2D eigenvalue weighted by molar-refractivity contribution is 9.10. The van der Waals surface area contributed by atoms with Crippen LogP contribution in [0.15, 0.2) is 34.8 Å². The molecule has 1 aliphatic heterocycles. The van der Waals surface area contributed by atoms with Crippen molar-refractivity contribution in [2.75, 3.05) is 0 Å². The van der Waals surface area contributed by atoms with Crippen LogP contribution in [-0.4, -0.2) is 16.2 Å². The van der Waals surface area contributed by atoms with Crippen molar-refractivity contribution < 1.29 is 22.7 Å². The van der Waals surface area contributed by atoms with Crippen LogP contribution in [0.4, 0.5) is 18.9 Å². The van der Waals surface area contributed by atoms with Crippen LogP contribution in [0, 0.1) is 22.7 Å². The molecule has 0 saturated heterocycles. The minimum Gasteiger partial charge on any atom is -0.618 e. The van der Waals surface area contributed by atoms with Crippen molar-refractivity contribution in [1.29, 1.82) is 0 Å². The summed E-state index contributed by atoms with van der Waals surface area (Å²) < 4.78 is 40.4. The summed E-state index contributed by atoms with van der Waals surface area (Å²) in [5.74, 6) is -5.24. The Labute approximate surface area is 125 Å². The molecule has 0 amide bonds. The van der Waals surface area contributed by atoms with Gasteiger partial charge in [-0.1, -0.05) is 15.9 Å². The highest BCUT2D eigenvalue weighted by atomic mass is 79.9. The van der Waals surface area contributed by atoms with Crippen molar-refractivity contribution in [2.24, 2.45) is 0 Å². The molecule has 2 aromatic carbocycles. The van der Waals surface area contributed by atoms with Gasteiger partial charge in [0.2, 0.25) is 5.69 Å². The molecular weight excluding hydrogens is 351 g/mol. The second kappa shape index (κ2) is 4.70. The van der Waals surface area contributed by atoms with Crippen LogP contribution in [0.2, 0.25) is 0 Å². The smallest absolute Gasteiger partial charge is 0.273 e. The normalized spacial score (nSPS) is 13.8. The third kappa shape index (κ3) is 2.04. The van der Waals surface area contributed by atoms with Gasteiger partial charge in [0.15, 0.2) is 17.5 Å². The first-order valence-corrected chi connectivity index (χ1v) is 6.53. The van der Waals surface area contributed by atoms with E-state index in [1.165, 1.54) is 12.1 Å². The molecule has 1 heterocycles. The van der Waals surface area contributed by atoms with Crippen molar-refractivity contribution in [3.8, 4) is 0 Å². The molecule has 0 radical (unpaired) electrons. The standard InChI is InChI=1S/C14H5BrF3NO2/c15-7-1-2-8-11(5-7)19(21)13(14(8)20)6-3-9(16)12(18)10(17)4-6/h1-5H. The van der Waals surface area contributed by atoms with Crippen LogP contribution in [0.3, 0.4) is 0 Å². The number of hydrogen-bond acceptors (Lipinski definition) is 2. The van der Waals surface area contributed by atoms with Crippen LogP contribution in [-0.2, 0) is 0 Å². The lowest BCUT2D eigenvalue weighted by Crippen LogP contribution is -2.17. The first kappa shape index (κ1) is 13.8. The summed E-state index contributed by atoms with van der Waals surface area (Å²) in [7, 11) is 0. The van der Waals surface area contributed by atoms with Gasteiger partial charge in [-0.25, -0.2) is 13.2 Å². The molecule has 0 aliphatic carbocycles. The van der Waals surface area contributed by atoms with E-state index in [4.69, 9.17) is 0 Å². The number of Topliss-reactive ketones (excluding diaryl/α,β-unsaturated/α-hetero) is 1. The maximum absolute atomic E-state index is 13.3. The van der Waals surface area contributed by atoms with Gasteiger partial charge < -0.3 is 5.21 Å². The van der Waals surface area contributed by atoms with Crippen molar-refractivity contribution >= 4 is 33.1 Å². The second-order valence-corrected chi connectivity index (χ2v) is 5.30. The summed E-state index contributed by atoms with van der Waals surface area (Å²) in [4.78, 5) is 12.2. The van der Waals surface area contributed by atoms with E-state index < -0.39 is 28.9 Å². The summed E-state index contributed by atoms with van der Waals surface area (Å²) in [6.45, 7) is 0. The highest BCUT2D eigenvalue weighted by Crippen LogP contribution is 2.31. The molecule has 0 atom stereocenters. The maximum atomic E-state index is 13.3.